The van der Waals surface area contributed by atoms with Crippen molar-refractivity contribution in [2.45, 2.75) is 39.7 Å². The highest BCUT2D eigenvalue weighted by Gasteiger charge is 2.30. The van der Waals surface area contributed by atoms with Crippen molar-refractivity contribution in [1.82, 2.24) is 10.2 Å². The molecule has 0 radical (unpaired) electrons. The summed E-state index contributed by atoms with van der Waals surface area (Å²) in [6.07, 6.45) is 0.919. The summed E-state index contributed by atoms with van der Waals surface area (Å²) in [4.78, 5) is 2.47. The molecule has 3 nitrogen and oxygen atoms in total. The first kappa shape index (κ1) is 18.1. The molecule has 1 unspecified atom stereocenters. The number of hydrogen-bond donors (Lipinski definition) is 2. The first-order valence-electron chi connectivity index (χ1n) is 8.21. The van der Waals surface area contributed by atoms with E-state index >= 15 is 0 Å². The predicted molar refractivity (Wildman–Crippen MR) is 90.5 cm³/mol. The lowest BCUT2D eigenvalue weighted by atomic mass is 9.87. The second-order valence-corrected chi connectivity index (χ2v) is 6.17. The van der Waals surface area contributed by atoms with Crippen LogP contribution in [0, 0.1) is 5.92 Å². The van der Waals surface area contributed by atoms with Gasteiger partial charge in [-0.15, -0.1) is 0 Å². The lowest BCUT2D eigenvalue weighted by Gasteiger charge is -2.36. The Labute approximate surface area is 130 Å². The lowest BCUT2D eigenvalue weighted by molar-refractivity contribution is 0.131. The topological polar surface area (TPSA) is 35.5 Å². The average Bonchev–Trinajstić information content (AvgIpc) is 2.50. The summed E-state index contributed by atoms with van der Waals surface area (Å²) in [5.41, 5.74) is 0.843. The summed E-state index contributed by atoms with van der Waals surface area (Å²) >= 11 is 0. The zero-order valence-electron chi connectivity index (χ0n) is 14.1. The van der Waals surface area contributed by atoms with Crippen LogP contribution in [0.5, 0.6) is 0 Å². The Balaban J connectivity index is 2.83. The molecule has 1 aromatic carbocycles. The molecule has 120 valence electrons. The molecule has 1 atom stereocenters. The largest absolute Gasteiger partial charge is 0.394 e. The maximum absolute atomic E-state index is 10.0. The highest BCUT2D eigenvalue weighted by atomic mass is 16.3. The van der Waals surface area contributed by atoms with E-state index < -0.39 is 0 Å². The Bertz CT molecular complexity index is 380. The molecule has 0 aliphatic carbocycles. The number of aliphatic hydroxyl groups is 1. The number of rotatable bonds is 10. The first-order valence-corrected chi connectivity index (χ1v) is 8.21. The van der Waals surface area contributed by atoms with Crippen molar-refractivity contribution in [2.24, 2.45) is 5.92 Å². The maximum Gasteiger partial charge on any atom is 0.0681 e. The van der Waals surface area contributed by atoms with Gasteiger partial charge in [0.05, 0.1) is 12.1 Å². The molecule has 1 rings (SSSR count). The van der Waals surface area contributed by atoms with Gasteiger partial charge in [-0.3, -0.25) is 0 Å². The molecule has 21 heavy (non-hydrogen) atoms. The molecule has 0 bridgehead atoms. The summed E-state index contributed by atoms with van der Waals surface area (Å²) in [5, 5.41) is 13.6. The number of aliphatic hydroxyl groups excluding tert-OH is 1. The summed E-state index contributed by atoms with van der Waals surface area (Å²) in [7, 11) is 0. The number of nitrogens with zero attached hydrogens (tertiary/aromatic N) is 1. The van der Waals surface area contributed by atoms with Crippen LogP contribution in [0.2, 0.25) is 0 Å². The Morgan fingerprint density at radius 3 is 2.33 bits per heavy atom. The van der Waals surface area contributed by atoms with Crippen molar-refractivity contribution in [1.29, 1.82) is 0 Å². The van der Waals surface area contributed by atoms with Gasteiger partial charge in [0.2, 0.25) is 0 Å². The van der Waals surface area contributed by atoms with Gasteiger partial charge in [0.1, 0.15) is 0 Å². The summed E-state index contributed by atoms with van der Waals surface area (Å²) in [5.74, 6) is 0.671. The summed E-state index contributed by atoms with van der Waals surface area (Å²) < 4.78 is 0. The van der Waals surface area contributed by atoms with Crippen molar-refractivity contribution >= 4 is 0 Å². The van der Waals surface area contributed by atoms with E-state index in [4.69, 9.17) is 0 Å². The van der Waals surface area contributed by atoms with E-state index in [1.165, 1.54) is 5.56 Å². The van der Waals surface area contributed by atoms with Gasteiger partial charge in [-0.2, -0.15) is 0 Å². The Hall–Kier alpha value is -0.900. The van der Waals surface area contributed by atoms with Gasteiger partial charge in [-0.05, 0) is 31.0 Å². The van der Waals surface area contributed by atoms with Gasteiger partial charge in [0.25, 0.3) is 0 Å². The molecule has 0 amide bonds. The van der Waals surface area contributed by atoms with Gasteiger partial charge in [-0.1, -0.05) is 58.0 Å². The van der Waals surface area contributed by atoms with Crippen molar-refractivity contribution in [3.05, 3.63) is 35.9 Å². The van der Waals surface area contributed by atoms with Crippen molar-refractivity contribution in [3.63, 3.8) is 0 Å². The monoisotopic (exact) mass is 292 g/mol. The predicted octanol–water partition coefficient (Wildman–Crippen LogP) is 2.85. The standard InChI is InChI=1S/C18H32N2O/c1-5-19-18(15-21,17-10-8-7-9-11-17)12-13-20(6-2)14-16(3)4/h7-11,16,19,21H,5-6,12-15H2,1-4H3. The zero-order valence-corrected chi connectivity index (χ0v) is 14.1. The smallest absolute Gasteiger partial charge is 0.0681 e. The fraction of sp³-hybridized carbons (Fsp3) is 0.667. The molecule has 1 aromatic rings. The highest BCUT2D eigenvalue weighted by Crippen LogP contribution is 2.25. The van der Waals surface area contributed by atoms with Gasteiger partial charge < -0.3 is 15.3 Å². The number of likely N-dealkylation sites (N-methyl/N-ethyl adjacent to an activating group) is 1. The fourth-order valence-electron chi connectivity index (χ4n) is 2.90. The third-order valence-electron chi connectivity index (χ3n) is 4.04. The second-order valence-electron chi connectivity index (χ2n) is 6.17. The average molecular weight is 292 g/mol. The number of nitrogens with one attached hydrogen (secondary N) is 1. The van der Waals surface area contributed by atoms with E-state index in [0.29, 0.717) is 5.92 Å². The van der Waals surface area contributed by atoms with E-state index in [2.05, 4.69) is 50.0 Å². The van der Waals surface area contributed by atoms with E-state index in [0.717, 1.165) is 32.6 Å². The van der Waals surface area contributed by atoms with E-state index in [9.17, 15) is 5.11 Å². The van der Waals surface area contributed by atoms with Gasteiger partial charge >= 0.3 is 0 Å². The second kappa shape index (κ2) is 9.19. The van der Waals surface area contributed by atoms with Gasteiger partial charge in [0.15, 0.2) is 0 Å². The normalized spacial score (nSPS) is 14.6. The minimum Gasteiger partial charge on any atom is -0.394 e. The van der Waals surface area contributed by atoms with Gasteiger partial charge in [-0.25, -0.2) is 0 Å². The number of benzene rings is 1. The van der Waals surface area contributed by atoms with Crippen LogP contribution in [0.4, 0.5) is 0 Å². The minimum absolute atomic E-state index is 0.129. The van der Waals surface area contributed by atoms with E-state index in [-0.39, 0.29) is 12.1 Å². The Morgan fingerprint density at radius 2 is 1.86 bits per heavy atom. The van der Waals surface area contributed by atoms with Crippen LogP contribution in [0.25, 0.3) is 0 Å². The Morgan fingerprint density at radius 1 is 1.19 bits per heavy atom. The van der Waals surface area contributed by atoms with Crippen LogP contribution >= 0.6 is 0 Å². The first-order chi connectivity index (χ1) is 10.1. The third-order valence-corrected chi connectivity index (χ3v) is 4.04. The van der Waals surface area contributed by atoms with Crippen LogP contribution in [0.1, 0.15) is 39.7 Å². The van der Waals surface area contributed by atoms with Gasteiger partial charge in [0, 0.05) is 13.1 Å². The molecule has 0 saturated heterocycles. The molecule has 0 aromatic heterocycles. The molecule has 0 fully saturated rings. The van der Waals surface area contributed by atoms with Crippen LogP contribution < -0.4 is 5.32 Å². The molecule has 0 aliphatic rings. The van der Waals surface area contributed by atoms with E-state index in [1.54, 1.807) is 0 Å². The van der Waals surface area contributed by atoms with E-state index in [1.807, 2.05) is 18.2 Å². The molecular formula is C18H32N2O. The Kier molecular flexibility index (Phi) is 7.94. The zero-order chi connectivity index (χ0) is 15.7. The van der Waals surface area contributed by atoms with Crippen molar-refractivity contribution in [3.8, 4) is 0 Å². The molecular weight excluding hydrogens is 260 g/mol. The highest BCUT2D eigenvalue weighted by molar-refractivity contribution is 5.24. The van der Waals surface area contributed by atoms with Crippen LogP contribution in [0.15, 0.2) is 30.3 Å². The molecule has 0 saturated carbocycles. The molecule has 0 spiro atoms. The molecule has 0 heterocycles. The lowest BCUT2D eigenvalue weighted by Crippen LogP contribution is -2.48. The quantitative estimate of drug-likeness (QED) is 0.696. The number of hydrogen-bond acceptors (Lipinski definition) is 3. The van der Waals surface area contributed by atoms with Crippen LogP contribution in [-0.4, -0.2) is 42.8 Å². The molecule has 3 heteroatoms. The van der Waals surface area contributed by atoms with Crippen molar-refractivity contribution in [2.75, 3.05) is 32.8 Å². The van der Waals surface area contributed by atoms with Crippen LogP contribution in [0.3, 0.4) is 0 Å². The SMILES string of the molecule is CCNC(CO)(CCN(CC)CC(C)C)c1ccccc1. The maximum atomic E-state index is 10.0. The molecule has 2 N–H and O–H groups in total. The summed E-state index contributed by atoms with van der Waals surface area (Å²) in [6, 6.07) is 10.3. The van der Waals surface area contributed by atoms with Crippen LogP contribution in [-0.2, 0) is 5.54 Å². The summed E-state index contributed by atoms with van der Waals surface area (Å²) in [6.45, 7) is 13.0. The third kappa shape index (κ3) is 5.42. The fourth-order valence-corrected chi connectivity index (χ4v) is 2.90. The van der Waals surface area contributed by atoms with Crippen molar-refractivity contribution < 1.29 is 5.11 Å². The minimum atomic E-state index is -0.333. The molecule has 0 aliphatic heterocycles.